The topological polar surface area (TPSA) is 242 Å². The summed E-state index contributed by atoms with van der Waals surface area (Å²) in [6.45, 7) is 29.1. The van der Waals surface area contributed by atoms with Gasteiger partial charge in [0.2, 0.25) is 17.7 Å². The van der Waals surface area contributed by atoms with Crippen molar-refractivity contribution in [1.29, 1.82) is 0 Å². The fraction of sp³-hybridized carbons (Fsp3) is 0.397. The number of aromatic nitrogens is 10. The number of nitrogens with one attached hydrogen (secondary N) is 3. The van der Waals surface area contributed by atoms with Crippen LogP contribution in [-0.4, -0.2) is 203 Å². The molecule has 3 N–H and O–H groups in total. The average Bonchev–Trinajstić information content (AvgIpc) is 1.61. The van der Waals surface area contributed by atoms with Gasteiger partial charge in [-0.15, -0.1) is 64.6 Å². The Morgan fingerprint density at radius 2 is 0.804 bits per heavy atom. The Hall–Kier alpha value is -8.54. The third-order valence-corrected chi connectivity index (χ3v) is 24.7. The number of hydrogen-bond donors (Lipinski definition) is 3. The van der Waals surface area contributed by atoms with E-state index in [1.54, 1.807) is 46.4 Å². The number of piperazine rings is 2. The Morgan fingerprint density at radius 3 is 1.17 bits per heavy atom. The van der Waals surface area contributed by atoms with Crippen LogP contribution in [0.2, 0.25) is 15.1 Å². The van der Waals surface area contributed by atoms with Gasteiger partial charge >= 0.3 is 0 Å². The van der Waals surface area contributed by atoms with Gasteiger partial charge in [-0.2, -0.15) is 0 Å². The maximum atomic E-state index is 12.8. The highest BCUT2D eigenvalue weighted by molar-refractivity contribution is 7.15. The van der Waals surface area contributed by atoms with Crippen LogP contribution < -0.4 is 16.0 Å². The molecule has 23 nitrogen and oxygen atoms in total. The van der Waals surface area contributed by atoms with Gasteiger partial charge in [0, 0.05) is 160 Å². The van der Waals surface area contributed by atoms with Crippen LogP contribution in [-0.2, 0) is 20.8 Å². The summed E-state index contributed by atoms with van der Waals surface area (Å²) in [5, 5.41) is 41.1. The lowest BCUT2D eigenvalue weighted by molar-refractivity contribution is -0.123. The highest BCUT2D eigenvalue weighted by Gasteiger charge is 2.36. The van der Waals surface area contributed by atoms with Crippen LogP contribution in [0.3, 0.4) is 0 Å². The highest BCUT2D eigenvalue weighted by Crippen LogP contribution is 2.42. The van der Waals surface area contributed by atoms with E-state index in [0.29, 0.717) is 60.5 Å². The second-order valence-electron chi connectivity index (χ2n) is 27.8. The number of aryl methyl sites for hydroxylation is 7. The van der Waals surface area contributed by atoms with E-state index >= 15 is 0 Å². The summed E-state index contributed by atoms with van der Waals surface area (Å²) in [5.41, 5.74) is 13.5. The minimum Gasteiger partial charge on any atom is -0.353 e. The fourth-order valence-electron chi connectivity index (χ4n) is 13.8. The summed E-state index contributed by atoms with van der Waals surface area (Å²) in [6, 6.07) is 26.0. The summed E-state index contributed by atoms with van der Waals surface area (Å²) in [7, 11) is 4.27. The van der Waals surface area contributed by atoms with E-state index in [4.69, 9.17) is 49.8 Å². The van der Waals surface area contributed by atoms with E-state index in [9.17, 15) is 14.4 Å². The number of rotatable bonds is 18. The molecule has 0 saturated carbocycles. The number of hydrogen-bond acceptors (Lipinski definition) is 20. The molecule has 3 amide bonds. The zero-order valence-corrected chi connectivity index (χ0v) is 66.9. The van der Waals surface area contributed by atoms with Crippen LogP contribution in [0.1, 0.15) is 143 Å². The molecule has 5 aliphatic rings. The van der Waals surface area contributed by atoms with Crippen LogP contribution in [0.5, 0.6) is 0 Å². The van der Waals surface area contributed by atoms with Gasteiger partial charge in [0.25, 0.3) is 0 Å². The van der Waals surface area contributed by atoms with E-state index < -0.39 is 0 Å². The number of thiophene rings is 3. The molecule has 3 atom stereocenters. The Labute approximate surface area is 651 Å². The molecular weight excluding hydrogens is 1470 g/mol. The third-order valence-electron chi connectivity index (χ3n) is 20.3. The van der Waals surface area contributed by atoms with Gasteiger partial charge in [-0.1, -0.05) is 77.3 Å². The number of halogens is 3. The van der Waals surface area contributed by atoms with Crippen molar-refractivity contribution in [2.24, 2.45) is 15.0 Å². The predicted molar refractivity (Wildman–Crippen MR) is 429 cm³/mol. The molecule has 0 aliphatic carbocycles. The van der Waals surface area contributed by atoms with Gasteiger partial charge in [-0.3, -0.25) is 52.9 Å². The Bertz CT molecular complexity index is 4960. The molecule has 12 heterocycles. The van der Waals surface area contributed by atoms with Crippen molar-refractivity contribution in [2.75, 3.05) is 99.2 Å². The normalized spacial score (nSPS) is 17.1. The molecule has 107 heavy (non-hydrogen) atoms. The first kappa shape index (κ1) is 76.6. The third kappa shape index (κ3) is 17.3. The van der Waals surface area contributed by atoms with Crippen LogP contribution in [0, 0.1) is 62.3 Å². The molecule has 5 aliphatic heterocycles. The van der Waals surface area contributed by atoms with Gasteiger partial charge in [-0.05, 0) is 161 Å². The predicted octanol–water partition coefficient (Wildman–Crippen LogP) is 12.1. The first-order valence-corrected chi connectivity index (χ1v) is 39.7. The minimum absolute atomic E-state index is 0.00614. The number of pyridine rings is 1. The lowest BCUT2D eigenvalue weighted by atomic mass is 10.00. The number of likely N-dealkylation sites (N-methyl/N-ethyl adjacent to an activating group) is 2. The van der Waals surface area contributed by atoms with E-state index in [1.165, 1.54) is 31.3 Å². The molecule has 0 bridgehead atoms. The van der Waals surface area contributed by atoms with Gasteiger partial charge in [-0.25, -0.2) is 0 Å². The lowest BCUT2D eigenvalue weighted by Crippen LogP contribution is -2.48. The zero-order chi connectivity index (χ0) is 75.3. The molecule has 29 heteroatoms. The highest BCUT2D eigenvalue weighted by atomic mass is 35.5. The van der Waals surface area contributed by atoms with Gasteiger partial charge in [0.1, 0.15) is 50.6 Å². The lowest BCUT2D eigenvalue weighted by Gasteiger charge is -2.32. The van der Waals surface area contributed by atoms with Crippen LogP contribution in [0.15, 0.2) is 112 Å². The fourth-order valence-corrected chi connectivity index (χ4v) is 17.8. The molecule has 0 spiro atoms. The average molecular weight is 1560 g/mol. The zero-order valence-electron chi connectivity index (χ0n) is 62.2. The monoisotopic (exact) mass is 1550 g/mol. The molecule has 10 aromatic rings. The second-order valence-corrected chi connectivity index (χ2v) is 32.7. The van der Waals surface area contributed by atoms with Crippen molar-refractivity contribution >= 4 is 104 Å². The smallest absolute Gasteiger partial charge is 0.234 e. The van der Waals surface area contributed by atoms with E-state index in [1.807, 2.05) is 106 Å². The molecule has 558 valence electrons. The van der Waals surface area contributed by atoms with Crippen molar-refractivity contribution in [3.05, 3.63) is 218 Å². The van der Waals surface area contributed by atoms with E-state index in [2.05, 4.69) is 140 Å². The number of fused-ring (bicyclic) bond motifs is 9. The number of carbonyl (C=O) groups excluding carboxylic acids is 3. The van der Waals surface area contributed by atoms with Crippen LogP contribution in [0.4, 0.5) is 0 Å². The minimum atomic E-state index is -0.386. The number of nitrogens with zero attached hydrogens (tertiary/aromatic N) is 17. The van der Waals surface area contributed by atoms with Crippen molar-refractivity contribution < 1.29 is 14.4 Å². The van der Waals surface area contributed by atoms with Gasteiger partial charge in [0.15, 0.2) is 17.5 Å². The Balaban J connectivity index is 0.000000142. The standard InChI is InChI=1S/C27H34ClN7OS.C26H25ClN6OS.C25H30ClN7OS/c1-17-18(2)37-27-24(17)25(20-7-9-21(28)10-8-20)30-22(26-32-31-19(3)35(26)27)16-29-23(36)6-5-11-34-14-12-33(4)13-15-34;1-15-16(2)35-26-23(15)24(19-7-9-20(27)10-8-19)30-21(25-32-31-17(3)33(25)26)14-29-22(34)11-6-18-5-4-12-28-13-18;1-15-16(2)35-25-22(15)23(18-5-7-19(26)8-6-18)28-20(24-30-29-17(3)33(24)25)13-27-21(34)14-32-11-9-31(4)10-12-32/h7-10,22H,5-6,11-16H2,1-4H3,(H,29,36);4-5,7-10,12-13,21H,6,11,14H2,1-3H3,(H,29,34);5-8,20H,9-14H2,1-4H3,(H,27,34)/t22-;21-;20-/m000/s1. The number of aliphatic imine (C=N–C) groups is 3. The Morgan fingerprint density at radius 1 is 0.449 bits per heavy atom. The maximum absolute atomic E-state index is 12.8. The first-order valence-electron chi connectivity index (χ1n) is 36.2. The van der Waals surface area contributed by atoms with Crippen molar-refractivity contribution in [3.63, 3.8) is 0 Å². The molecular formula is C78H89Cl3N20O3S3. The molecule has 15 rings (SSSR count). The molecule has 0 unspecified atom stereocenters. The largest absolute Gasteiger partial charge is 0.353 e. The van der Waals surface area contributed by atoms with Gasteiger partial charge < -0.3 is 30.7 Å². The SMILES string of the molecule is Cc1sc2c(c1C)C(c1ccc(Cl)cc1)=N[C@@H](CNC(=O)CCCN1CCN(C)CC1)c1nnc(C)n1-2.Cc1sc2c(c1C)C(c1ccc(Cl)cc1)=N[C@@H](CNC(=O)CCc1cccnc1)c1nnc(C)n1-2.Cc1sc2c(c1C)C(c1ccc(Cl)cc1)=N[C@@H](CNC(=O)CN1CCN(C)CC1)c1nnc(C)n1-2. The molecule has 2 saturated heterocycles. The number of amides is 3. The number of benzene rings is 3. The molecule has 7 aromatic heterocycles. The van der Waals surface area contributed by atoms with Gasteiger partial charge in [0.05, 0.1) is 23.7 Å². The summed E-state index contributed by atoms with van der Waals surface area (Å²) in [4.78, 5) is 70.9. The summed E-state index contributed by atoms with van der Waals surface area (Å²) in [5.74, 6) is 4.65. The van der Waals surface area contributed by atoms with E-state index in [0.717, 1.165) is 171 Å². The second kappa shape index (κ2) is 33.9. The van der Waals surface area contributed by atoms with Crippen LogP contribution in [0.25, 0.3) is 15.0 Å². The van der Waals surface area contributed by atoms with E-state index in [-0.39, 0.29) is 35.8 Å². The Kier molecular flexibility index (Phi) is 24.3. The van der Waals surface area contributed by atoms with Crippen molar-refractivity contribution in [1.82, 2.24) is 84.8 Å². The summed E-state index contributed by atoms with van der Waals surface area (Å²) >= 11 is 23.7. The summed E-state index contributed by atoms with van der Waals surface area (Å²) < 4.78 is 6.29. The molecule has 3 aromatic carbocycles. The maximum Gasteiger partial charge on any atom is 0.234 e. The molecule has 2 fully saturated rings. The van der Waals surface area contributed by atoms with Crippen molar-refractivity contribution in [3.8, 4) is 15.0 Å². The quantitative estimate of drug-likeness (QED) is 0.0724. The molecule has 0 radical (unpaired) electrons. The summed E-state index contributed by atoms with van der Waals surface area (Å²) in [6.07, 6.45) is 5.88. The first-order chi connectivity index (χ1) is 51.5. The number of carbonyl (C=O) groups is 3. The van der Waals surface area contributed by atoms with Crippen LogP contribution >= 0.6 is 68.8 Å². The van der Waals surface area contributed by atoms with Crippen molar-refractivity contribution in [2.45, 2.75) is 106 Å².